The number of nitrogens with one attached hydrogen (secondary N) is 2. The number of hydrogen-bond donors (Lipinski definition) is 3. The van der Waals surface area contributed by atoms with Crippen LogP contribution >= 0.6 is 0 Å². The maximum Gasteiger partial charge on any atom is 0.252 e. The first-order chi connectivity index (χ1) is 6.58. The molecule has 1 rings (SSSR count). The number of nitrogens with zero attached hydrogens (tertiary/aromatic N) is 1. The average molecular weight is 197 g/mol. The monoisotopic (exact) mass is 197 g/mol. The Labute approximate surface area is 82.2 Å². The number of H-pyrrole nitrogens is 1. The van der Waals surface area contributed by atoms with Gasteiger partial charge in [-0.2, -0.15) is 0 Å². The Morgan fingerprint density at radius 1 is 1.64 bits per heavy atom. The standard InChI is InChI=1S/C9H15N3O2/c1-6(3-7(2)13)12-8-4-9(14)11-5-10-8/h4-7,13H,3H2,1-2H3,(H2,10,11,12,14). The second-order valence-electron chi connectivity index (χ2n) is 3.43. The fourth-order valence-electron chi connectivity index (χ4n) is 1.27. The Hall–Kier alpha value is -1.36. The summed E-state index contributed by atoms with van der Waals surface area (Å²) in [6.45, 7) is 3.65. The Morgan fingerprint density at radius 2 is 2.36 bits per heavy atom. The molecule has 0 spiro atoms. The van der Waals surface area contributed by atoms with Crippen molar-refractivity contribution in [1.29, 1.82) is 0 Å². The zero-order valence-corrected chi connectivity index (χ0v) is 8.32. The van der Waals surface area contributed by atoms with Crippen molar-refractivity contribution in [2.24, 2.45) is 0 Å². The lowest BCUT2D eigenvalue weighted by Gasteiger charge is -2.15. The highest BCUT2D eigenvalue weighted by atomic mass is 16.3. The topological polar surface area (TPSA) is 78.0 Å². The number of hydrogen-bond acceptors (Lipinski definition) is 4. The summed E-state index contributed by atoms with van der Waals surface area (Å²) in [5.74, 6) is 0.530. The lowest BCUT2D eigenvalue weighted by atomic mass is 10.1. The molecule has 0 aromatic carbocycles. The number of rotatable bonds is 4. The van der Waals surface area contributed by atoms with E-state index in [9.17, 15) is 4.79 Å². The summed E-state index contributed by atoms with van der Waals surface area (Å²) in [5, 5.41) is 12.1. The predicted octanol–water partition coefficient (Wildman–Crippen LogP) is 0.341. The second-order valence-corrected chi connectivity index (χ2v) is 3.43. The summed E-state index contributed by atoms with van der Waals surface area (Å²) in [6.07, 6.45) is 1.60. The summed E-state index contributed by atoms with van der Waals surface area (Å²) < 4.78 is 0. The molecule has 5 heteroatoms. The average Bonchev–Trinajstić information content (AvgIpc) is 2.01. The van der Waals surface area contributed by atoms with Gasteiger partial charge in [-0.1, -0.05) is 0 Å². The van der Waals surface area contributed by atoms with Gasteiger partial charge in [0.2, 0.25) is 0 Å². The molecule has 14 heavy (non-hydrogen) atoms. The molecule has 1 aromatic rings. The molecule has 78 valence electrons. The fourth-order valence-corrected chi connectivity index (χ4v) is 1.27. The molecule has 0 amide bonds. The van der Waals surface area contributed by atoms with Crippen molar-refractivity contribution >= 4 is 5.82 Å². The summed E-state index contributed by atoms with van der Waals surface area (Å²) in [5.41, 5.74) is -0.188. The molecule has 2 atom stereocenters. The van der Waals surface area contributed by atoms with Crippen LogP contribution in [0, 0.1) is 0 Å². The minimum absolute atomic E-state index is 0.0873. The number of aliphatic hydroxyl groups is 1. The molecule has 3 N–H and O–H groups in total. The third-order valence-corrected chi connectivity index (χ3v) is 1.77. The van der Waals surface area contributed by atoms with E-state index < -0.39 is 0 Å². The van der Waals surface area contributed by atoms with E-state index in [4.69, 9.17) is 5.11 Å². The predicted molar refractivity (Wildman–Crippen MR) is 54.2 cm³/mol. The summed E-state index contributed by atoms with van der Waals surface area (Å²) in [4.78, 5) is 17.3. The molecule has 0 bridgehead atoms. The minimum Gasteiger partial charge on any atom is -0.393 e. The zero-order chi connectivity index (χ0) is 10.6. The Balaban J connectivity index is 2.56. The van der Waals surface area contributed by atoms with Crippen molar-refractivity contribution in [3.8, 4) is 0 Å². The van der Waals surface area contributed by atoms with Gasteiger partial charge < -0.3 is 15.4 Å². The van der Waals surface area contributed by atoms with Gasteiger partial charge in [-0.15, -0.1) is 0 Å². The van der Waals surface area contributed by atoms with Crippen LogP contribution in [0.5, 0.6) is 0 Å². The molecule has 5 nitrogen and oxygen atoms in total. The third kappa shape index (κ3) is 3.57. The van der Waals surface area contributed by atoms with Crippen LogP contribution < -0.4 is 10.9 Å². The van der Waals surface area contributed by atoms with E-state index in [0.717, 1.165) is 0 Å². The zero-order valence-electron chi connectivity index (χ0n) is 8.32. The summed E-state index contributed by atoms with van der Waals surface area (Å²) >= 11 is 0. The Morgan fingerprint density at radius 3 is 2.93 bits per heavy atom. The molecule has 0 saturated heterocycles. The van der Waals surface area contributed by atoms with Crippen molar-refractivity contribution in [3.63, 3.8) is 0 Å². The number of anilines is 1. The van der Waals surface area contributed by atoms with Crippen LogP contribution in [0.15, 0.2) is 17.2 Å². The maximum atomic E-state index is 10.9. The maximum absolute atomic E-state index is 10.9. The van der Waals surface area contributed by atoms with Gasteiger partial charge in [0.25, 0.3) is 5.56 Å². The minimum atomic E-state index is -0.362. The molecular weight excluding hydrogens is 182 g/mol. The highest BCUT2D eigenvalue weighted by molar-refractivity contribution is 5.32. The van der Waals surface area contributed by atoms with E-state index in [0.29, 0.717) is 12.2 Å². The van der Waals surface area contributed by atoms with Crippen LogP contribution in [0.4, 0.5) is 5.82 Å². The van der Waals surface area contributed by atoms with Crippen molar-refractivity contribution in [2.75, 3.05) is 5.32 Å². The summed E-state index contributed by atoms with van der Waals surface area (Å²) in [6, 6.07) is 1.47. The fraction of sp³-hybridized carbons (Fsp3) is 0.556. The van der Waals surface area contributed by atoms with E-state index in [1.54, 1.807) is 6.92 Å². The Kier molecular flexibility index (Phi) is 3.64. The first-order valence-corrected chi connectivity index (χ1v) is 4.57. The Bertz CT molecular complexity index is 335. The van der Waals surface area contributed by atoms with Crippen molar-refractivity contribution < 1.29 is 5.11 Å². The number of aromatic amines is 1. The largest absolute Gasteiger partial charge is 0.393 e. The van der Waals surface area contributed by atoms with Crippen LogP contribution in [0.2, 0.25) is 0 Å². The van der Waals surface area contributed by atoms with Gasteiger partial charge >= 0.3 is 0 Å². The molecule has 2 unspecified atom stereocenters. The van der Waals surface area contributed by atoms with E-state index in [2.05, 4.69) is 15.3 Å². The van der Waals surface area contributed by atoms with Crippen LogP contribution in [-0.4, -0.2) is 27.2 Å². The first-order valence-electron chi connectivity index (χ1n) is 4.57. The lowest BCUT2D eigenvalue weighted by molar-refractivity contribution is 0.179. The van der Waals surface area contributed by atoms with Gasteiger partial charge in [-0.25, -0.2) is 4.98 Å². The smallest absolute Gasteiger partial charge is 0.252 e. The first kappa shape index (κ1) is 10.7. The van der Waals surface area contributed by atoms with Crippen molar-refractivity contribution in [2.45, 2.75) is 32.4 Å². The quantitative estimate of drug-likeness (QED) is 0.650. The van der Waals surface area contributed by atoms with Crippen LogP contribution in [0.1, 0.15) is 20.3 Å². The number of aromatic nitrogens is 2. The van der Waals surface area contributed by atoms with E-state index in [1.807, 2.05) is 6.92 Å². The second kappa shape index (κ2) is 4.76. The van der Waals surface area contributed by atoms with E-state index in [1.165, 1.54) is 12.4 Å². The van der Waals surface area contributed by atoms with Gasteiger partial charge in [0.05, 0.1) is 12.4 Å². The van der Waals surface area contributed by atoms with Gasteiger partial charge in [0.15, 0.2) is 0 Å². The van der Waals surface area contributed by atoms with Crippen LogP contribution in [0.3, 0.4) is 0 Å². The van der Waals surface area contributed by atoms with E-state index >= 15 is 0 Å². The molecule has 0 aliphatic heterocycles. The molecule has 0 aliphatic rings. The van der Waals surface area contributed by atoms with Crippen molar-refractivity contribution in [1.82, 2.24) is 9.97 Å². The molecule has 1 heterocycles. The normalized spacial score (nSPS) is 14.8. The third-order valence-electron chi connectivity index (χ3n) is 1.77. The molecule has 0 radical (unpaired) electrons. The van der Waals surface area contributed by atoms with E-state index in [-0.39, 0.29) is 17.7 Å². The van der Waals surface area contributed by atoms with Gasteiger partial charge in [-0.3, -0.25) is 4.79 Å². The molecule has 0 fully saturated rings. The van der Waals surface area contributed by atoms with Gasteiger partial charge in [0.1, 0.15) is 5.82 Å². The van der Waals surface area contributed by atoms with Gasteiger partial charge in [0, 0.05) is 12.1 Å². The highest BCUT2D eigenvalue weighted by Gasteiger charge is 2.06. The molecule has 1 aromatic heterocycles. The van der Waals surface area contributed by atoms with Crippen molar-refractivity contribution in [3.05, 3.63) is 22.7 Å². The molecule has 0 aliphatic carbocycles. The highest BCUT2D eigenvalue weighted by Crippen LogP contribution is 2.04. The lowest BCUT2D eigenvalue weighted by Crippen LogP contribution is -2.22. The van der Waals surface area contributed by atoms with Crippen LogP contribution in [-0.2, 0) is 0 Å². The summed E-state index contributed by atoms with van der Waals surface area (Å²) in [7, 11) is 0. The number of aliphatic hydroxyl groups excluding tert-OH is 1. The molecular formula is C9H15N3O2. The SMILES string of the molecule is CC(O)CC(C)Nc1cc(=O)[nH]cn1. The van der Waals surface area contributed by atoms with Crippen LogP contribution in [0.25, 0.3) is 0 Å². The molecule has 0 saturated carbocycles. The van der Waals surface area contributed by atoms with Gasteiger partial charge in [-0.05, 0) is 20.3 Å².